The third kappa shape index (κ3) is 6.11. The van der Waals surface area contributed by atoms with E-state index >= 15 is 0 Å². The fraction of sp³-hybridized carbons (Fsp3) is 0.500. The third-order valence-electron chi connectivity index (χ3n) is 1.39. The van der Waals surface area contributed by atoms with E-state index in [-0.39, 0.29) is 0 Å². The van der Waals surface area contributed by atoms with Gasteiger partial charge in [0.25, 0.3) is 0 Å². The van der Waals surface area contributed by atoms with Gasteiger partial charge in [0.15, 0.2) is 0 Å². The number of hydrazone groups is 1. The van der Waals surface area contributed by atoms with Gasteiger partial charge in [0.2, 0.25) is 0 Å². The zero-order valence-corrected chi connectivity index (χ0v) is 8.79. The highest BCUT2D eigenvalue weighted by molar-refractivity contribution is 5.82. The van der Waals surface area contributed by atoms with Gasteiger partial charge >= 0.3 is 0 Å². The van der Waals surface area contributed by atoms with Gasteiger partial charge in [0.1, 0.15) is 0 Å². The molecule has 0 heterocycles. The zero-order valence-electron chi connectivity index (χ0n) is 8.79. The van der Waals surface area contributed by atoms with E-state index in [1.54, 1.807) is 7.11 Å². The first-order valence-corrected chi connectivity index (χ1v) is 4.31. The minimum Gasteiger partial charge on any atom is -0.379 e. The van der Waals surface area contributed by atoms with Crippen LogP contribution in [0.1, 0.15) is 20.8 Å². The highest BCUT2D eigenvalue weighted by atomic mass is 16.5. The van der Waals surface area contributed by atoms with Gasteiger partial charge in [-0.3, -0.25) is 5.43 Å². The topological polar surface area (TPSA) is 33.6 Å². The largest absolute Gasteiger partial charge is 0.379 e. The number of hydrogen-bond acceptors (Lipinski definition) is 3. The van der Waals surface area contributed by atoms with Crippen LogP contribution >= 0.6 is 0 Å². The zero-order chi connectivity index (χ0) is 10.1. The molecule has 0 aliphatic rings. The minimum absolute atomic E-state index is 0.555. The summed E-state index contributed by atoms with van der Waals surface area (Å²) < 4.78 is 4.92. The lowest BCUT2D eigenvalue weighted by molar-refractivity contribution is 0.244. The Kier molecular flexibility index (Phi) is 6.92. The van der Waals surface area contributed by atoms with E-state index in [0.29, 0.717) is 6.61 Å². The van der Waals surface area contributed by atoms with E-state index in [0.717, 1.165) is 11.4 Å². The van der Waals surface area contributed by atoms with Crippen LogP contribution in [0.4, 0.5) is 0 Å². The molecule has 0 aromatic carbocycles. The number of rotatable bonds is 5. The molecule has 3 nitrogen and oxygen atoms in total. The average Bonchev–Trinajstić information content (AvgIpc) is 2.12. The Hall–Kier alpha value is -1.09. The summed E-state index contributed by atoms with van der Waals surface area (Å²) in [6.45, 7) is 6.40. The maximum absolute atomic E-state index is 4.92. The molecule has 0 bridgehead atoms. The fourth-order valence-electron chi connectivity index (χ4n) is 0.779. The highest BCUT2D eigenvalue weighted by Crippen LogP contribution is 1.91. The molecule has 0 radical (unpaired) electrons. The molecule has 0 saturated carbocycles. The van der Waals surface area contributed by atoms with Crippen molar-refractivity contribution in [3.63, 3.8) is 0 Å². The summed E-state index contributed by atoms with van der Waals surface area (Å²) in [6, 6.07) is 0. The molecule has 13 heavy (non-hydrogen) atoms. The smallest absolute Gasteiger partial charge is 0.0859 e. The lowest BCUT2D eigenvalue weighted by Crippen LogP contribution is -2.10. The average molecular weight is 182 g/mol. The van der Waals surface area contributed by atoms with Gasteiger partial charge in [-0.05, 0) is 26.8 Å². The Bertz CT molecular complexity index is 217. The van der Waals surface area contributed by atoms with E-state index in [1.165, 1.54) is 0 Å². The summed E-state index contributed by atoms with van der Waals surface area (Å²) in [5, 5.41) is 4.13. The highest BCUT2D eigenvalue weighted by Gasteiger charge is 1.89. The second kappa shape index (κ2) is 7.55. The predicted molar refractivity (Wildman–Crippen MR) is 56.7 cm³/mol. The van der Waals surface area contributed by atoms with Gasteiger partial charge in [0, 0.05) is 7.11 Å². The summed E-state index contributed by atoms with van der Waals surface area (Å²) in [4.78, 5) is 0. The number of methoxy groups -OCH3 is 1. The van der Waals surface area contributed by atoms with E-state index in [9.17, 15) is 0 Å². The monoisotopic (exact) mass is 182 g/mol. The van der Waals surface area contributed by atoms with Gasteiger partial charge in [-0.2, -0.15) is 5.10 Å². The van der Waals surface area contributed by atoms with Crippen LogP contribution in [0.2, 0.25) is 0 Å². The number of ether oxygens (including phenoxy) is 1. The minimum atomic E-state index is 0.555. The van der Waals surface area contributed by atoms with Gasteiger partial charge in [-0.1, -0.05) is 12.2 Å². The van der Waals surface area contributed by atoms with Crippen LogP contribution in [-0.4, -0.2) is 19.4 Å². The Morgan fingerprint density at radius 2 is 2.15 bits per heavy atom. The van der Waals surface area contributed by atoms with Gasteiger partial charge in [0.05, 0.1) is 18.0 Å². The molecule has 3 heteroatoms. The quantitative estimate of drug-likeness (QED) is 0.401. The van der Waals surface area contributed by atoms with E-state index in [2.05, 4.69) is 10.5 Å². The van der Waals surface area contributed by atoms with Crippen LogP contribution in [0, 0.1) is 0 Å². The summed E-state index contributed by atoms with van der Waals surface area (Å²) in [6.07, 6.45) is 5.89. The number of nitrogens with one attached hydrogen (secondary N) is 1. The standard InChI is InChI=1S/C10H18N2O/c1-5-7-10(6-2)12-11-9(3)8-13-4/h5-7,12H,8H2,1-4H3/b7-5-,10-6+,11-9+. The Morgan fingerprint density at radius 3 is 2.62 bits per heavy atom. The predicted octanol–water partition coefficient (Wildman–Crippen LogP) is 2.08. The Balaban J connectivity index is 4.04. The van der Waals surface area contributed by atoms with Crippen molar-refractivity contribution in [2.24, 2.45) is 5.10 Å². The van der Waals surface area contributed by atoms with Crippen molar-refractivity contribution in [2.45, 2.75) is 20.8 Å². The molecular weight excluding hydrogens is 164 g/mol. The lowest BCUT2D eigenvalue weighted by Gasteiger charge is -2.02. The molecule has 0 atom stereocenters. The van der Waals surface area contributed by atoms with Gasteiger partial charge in [-0.25, -0.2) is 0 Å². The lowest BCUT2D eigenvalue weighted by atomic mass is 10.4. The van der Waals surface area contributed by atoms with Crippen LogP contribution in [0.3, 0.4) is 0 Å². The molecule has 0 aliphatic carbocycles. The van der Waals surface area contributed by atoms with Crippen molar-refractivity contribution >= 4 is 5.71 Å². The second-order valence-corrected chi connectivity index (χ2v) is 2.64. The molecule has 1 N–H and O–H groups in total. The first-order chi connectivity index (χ1) is 6.24. The normalized spacial score (nSPS) is 13.8. The SMILES string of the molecule is C/C=C\C(=C/C)N/N=C(\C)COC. The van der Waals surface area contributed by atoms with Crippen LogP contribution in [-0.2, 0) is 4.74 Å². The third-order valence-corrected chi connectivity index (χ3v) is 1.39. The summed E-state index contributed by atoms with van der Waals surface area (Å²) in [5.74, 6) is 0. The summed E-state index contributed by atoms with van der Waals surface area (Å²) in [7, 11) is 1.65. The van der Waals surface area contributed by atoms with Crippen LogP contribution in [0.25, 0.3) is 0 Å². The molecule has 0 saturated heterocycles. The van der Waals surface area contributed by atoms with E-state index in [1.807, 2.05) is 39.0 Å². The van der Waals surface area contributed by atoms with E-state index < -0.39 is 0 Å². The first kappa shape index (κ1) is 11.9. The van der Waals surface area contributed by atoms with Crippen molar-refractivity contribution in [3.8, 4) is 0 Å². The van der Waals surface area contributed by atoms with Crippen molar-refractivity contribution in [1.82, 2.24) is 5.43 Å². The summed E-state index contributed by atoms with van der Waals surface area (Å²) in [5.41, 5.74) is 4.84. The van der Waals surface area contributed by atoms with Crippen molar-refractivity contribution in [3.05, 3.63) is 23.9 Å². The first-order valence-electron chi connectivity index (χ1n) is 4.31. The maximum Gasteiger partial charge on any atom is 0.0859 e. The Labute approximate surface area is 80.2 Å². The van der Waals surface area contributed by atoms with Gasteiger partial charge < -0.3 is 4.74 Å². The molecule has 0 aromatic rings. The molecule has 0 amide bonds. The molecule has 0 rings (SSSR count). The number of allylic oxidation sites excluding steroid dienone is 3. The molecule has 0 aromatic heterocycles. The molecular formula is C10H18N2O. The molecule has 0 fully saturated rings. The Morgan fingerprint density at radius 1 is 1.46 bits per heavy atom. The molecule has 74 valence electrons. The number of hydrogen-bond donors (Lipinski definition) is 1. The summed E-state index contributed by atoms with van der Waals surface area (Å²) >= 11 is 0. The van der Waals surface area contributed by atoms with Gasteiger partial charge in [-0.15, -0.1) is 0 Å². The van der Waals surface area contributed by atoms with Crippen molar-refractivity contribution in [1.29, 1.82) is 0 Å². The maximum atomic E-state index is 4.92. The molecule has 0 spiro atoms. The molecule has 0 unspecified atom stereocenters. The van der Waals surface area contributed by atoms with E-state index in [4.69, 9.17) is 4.74 Å². The van der Waals surface area contributed by atoms with Crippen molar-refractivity contribution in [2.75, 3.05) is 13.7 Å². The van der Waals surface area contributed by atoms with Crippen molar-refractivity contribution < 1.29 is 4.74 Å². The van der Waals surface area contributed by atoms with Crippen LogP contribution in [0.5, 0.6) is 0 Å². The molecule has 0 aliphatic heterocycles. The fourth-order valence-corrected chi connectivity index (χ4v) is 0.779. The second-order valence-electron chi connectivity index (χ2n) is 2.64. The van der Waals surface area contributed by atoms with Crippen LogP contribution < -0.4 is 5.43 Å². The van der Waals surface area contributed by atoms with Crippen LogP contribution in [0.15, 0.2) is 29.0 Å². The number of nitrogens with zero attached hydrogens (tertiary/aromatic N) is 1.